The van der Waals surface area contributed by atoms with Gasteiger partial charge in [-0.05, 0) is 42.8 Å². The van der Waals surface area contributed by atoms with Gasteiger partial charge in [-0.25, -0.2) is 0 Å². The third-order valence-electron chi connectivity index (χ3n) is 5.05. The maximum atomic E-state index is 13.1. The molecule has 0 saturated carbocycles. The van der Waals surface area contributed by atoms with Crippen molar-refractivity contribution in [3.8, 4) is 6.07 Å². The van der Waals surface area contributed by atoms with Crippen molar-refractivity contribution >= 4 is 17.5 Å². The highest BCUT2D eigenvalue weighted by Gasteiger charge is 2.37. The lowest BCUT2D eigenvalue weighted by molar-refractivity contribution is -0.137. The van der Waals surface area contributed by atoms with Gasteiger partial charge in [0.25, 0.3) is 0 Å². The average molecular weight is 413 g/mol. The number of carbonyl (C=O) groups is 2. The fraction of sp³-hybridized carbons (Fsp3) is 0.227. The van der Waals surface area contributed by atoms with Crippen molar-refractivity contribution < 1.29 is 22.8 Å². The Balaban J connectivity index is 2.13. The van der Waals surface area contributed by atoms with Crippen molar-refractivity contribution in [2.45, 2.75) is 25.4 Å². The number of benzene rings is 2. The predicted octanol–water partition coefficient (Wildman–Crippen LogP) is 4.12. The summed E-state index contributed by atoms with van der Waals surface area (Å²) in [6.45, 7) is 1.54. The zero-order valence-electron chi connectivity index (χ0n) is 16.2. The lowest BCUT2D eigenvalue weighted by atomic mass is 9.83. The summed E-state index contributed by atoms with van der Waals surface area (Å²) in [5, 5.41) is 11.5. The number of hydrogen-bond acceptors (Lipinski definition) is 3. The molecule has 0 aliphatic carbocycles. The average Bonchev–Trinajstić information content (AvgIpc) is 2.72. The van der Waals surface area contributed by atoms with E-state index in [1.807, 2.05) is 6.07 Å². The summed E-state index contributed by atoms with van der Waals surface area (Å²) in [5.41, 5.74) is 0.833. The lowest BCUT2D eigenvalue weighted by Gasteiger charge is -2.35. The van der Waals surface area contributed by atoms with Gasteiger partial charge in [0.05, 0.1) is 17.2 Å². The summed E-state index contributed by atoms with van der Waals surface area (Å²) < 4.78 is 39.4. The topological polar surface area (TPSA) is 73.2 Å². The number of likely N-dealkylation sites (N-methyl/N-ethyl adjacent to an activating group) is 1. The van der Waals surface area contributed by atoms with E-state index in [1.54, 1.807) is 31.2 Å². The van der Waals surface area contributed by atoms with Crippen LogP contribution in [0.4, 0.5) is 18.9 Å². The first-order valence-corrected chi connectivity index (χ1v) is 9.10. The minimum Gasteiger partial charge on any atom is -0.355 e. The van der Waals surface area contributed by atoms with E-state index in [0.29, 0.717) is 16.7 Å². The molecule has 2 aromatic rings. The standard InChI is InChI=1S/C22H18F3N3O2/c1-13-20(21(30)27-2)18(15-8-6-14(12-26)7-9-15)11-19(29)28(13)17-5-3-4-16(10-17)22(23,24)25/h3-10,18H,11H2,1-2H3,(H,27,30). The van der Waals surface area contributed by atoms with Gasteiger partial charge < -0.3 is 5.32 Å². The van der Waals surface area contributed by atoms with Crippen molar-refractivity contribution in [2.24, 2.45) is 0 Å². The van der Waals surface area contributed by atoms with Crippen LogP contribution in [0.15, 0.2) is 59.8 Å². The van der Waals surface area contributed by atoms with Crippen LogP contribution in [0.2, 0.25) is 0 Å². The van der Waals surface area contributed by atoms with E-state index in [1.165, 1.54) is 19.2 Å². The number of nitrogens with one attached hydrogen (secondary N) is 1. The minimum absolute atomic E-state index is 0.0482. The summed E-state index contributed by atoms with van der Waals surface area (Å²) in [4.78, 5) is 26.8. The fourth-order valence-electron chi connectivity index (χ4n) is 3.62. The van der Waals surface area contributed by atoms with Gasteiger partial charge in [-0.3, -0.25) is 14.5 Å². The smallest absolute Gasteiger partial charge is 0.355 e. The molecule has 154 valence electrons. The first kappa shape index (κ1) is 21.1. The Hall–Kier alpha value is -3.60. The highest BCUT2D eigenvalue weighted by Crippen LogP contribution is 2.40. The molecule has 1 unspecified atom stereocenters. The summed E-state index contributed by atoms with van der Waals surface area (Å²) in [6.07, 6.45) is -4.65. The van der Waals surface area contributed by atoms with Gasteiger partial charge in [0.2, 0.25) is 11.8 Å². The SMILES string of the molecule is CNC(=O)C1=C(C)N(c2cccc(C(F)(F)F)c2)C(=O)CC1c1ccc(C#N)cc1. The molecule has 0 spiro atoms. The molecule has 0 bridgehead atoms. The number of alkyl halides is 3. The Morgan fingerprint density at radius 3 is 2.43 bits per heavy atom. The van der Waals surface area contributed by atoms with Crippen LogP contribution in [0.3, 0.4) is 0 Å². The highest BCUT2D eigenvalue weighted by atomic mass is 19.4. The number of anilines is 1. The number of halogens is 3. The third-order valence-corrected chi connectivity index (χ3v) is 5.05. The van der Waals surface area contributed by atoms with Gasteiger partial charge in [0, 0.05) is 36.3 Å². The van der Waals surface area contributed by atoms with Crippen molar-refractivity contribution in [3.63, 3.8) is 0 Å². The molecule has 30 heavy (non-hydrogen) atoms. The zero-order valence-corrected chi connectivity index (χ0v) is 16.2. The number of allylic oxidation sites excluding steroid dienone is 1. The molecule has 1 N–H and O–H groups in total. The maximum Gasteiger partial charge on any atom is 0.416 e. The monoisotopic (exact) mass is 413 g/mol. The summed E-state index contributed by atoms with van der Waals surface area (Å²) >= 11 is 0. The van der Waals surface area contributed by atoms with Crippen LogP contribution in [0, 0.1) is 11.3 Å². The molecule has 8 heteroatoms. The van der Waals surface area contributed by atoms with Crippen LogP contribution in [0.1, 0.15) is 36.0 Å². The highest BCUT2D eigenvalue weighted by molar-refractivity contribution is 6.05. The third kappa shape index (κ3) is 3.92. The van der Waals surface area contributed by atoms with E-state index >= 15 is 0 Å². The van der Waals surface area contributed by atoms with Crippen molar-refractivity contribution in [2.75, 3.05) is 11.9 Å². The Morgan fingerprint density at radius 1 is 1.20 bits per heavy atom. The van der Waals surface area contributed by atoms with Crippen LogP contribution in [0.25, 0.3) is 0 Å². The molecule has 0 saturated heterocycles. The van der Waals surface area contributed by atoms with E-state index in [-0.39, 0.29) is 17.8 Å². The molecule has 0 radical (unpaired) electrons. The number of rotatable bonds is 3. The number of nitriles is 1. The maximum absolute atomic E-state index is 13.1. The van der Waals surface area contributed by atoms with E-state index < -0.39 is 29.5 Å². The molecule has 0 aromatic heterocycles. The van der Waals surface area contributed by atoms with Crippen molar-refractivity contribution in [3.05, 3.63) is 76.5 Å². The van der Waals surface area contributed by atoms with Gasteiger partial charge in [-0.15, -0.1) is 0 Å². The van der Waals surface area contributed by atoms with Gasteiger partial charge in [-0.2, -0.15) is 18.4 Å². The molecule has 5 nitrogen and oxygen atoms in total. The summed E-state index contributed by atoms with van der Waals surface area (Å²) in [6, 6.07) is 13.0. The molecule has 2 amide bonds. The molecule has 2 aromatic carbocycles. The number of carbonyl (C=O) groups excluding carboxylic acids is 2. The Bertz CT molecular complexity index is 1070. The lowest BCUT2D eigenvalue weighted by Crippen LogP contribution is -2.40. The quantitative estimate of drug-likeness (QED) is 0.823. The molecular formula is C22H18F3N3O2. The largest absolute Gasteiger partial charge is 0.416 e. The van der Waals surface area contributed by atoms with Crippen LogP contribution >= 0.6 is 0 Å². The van der Waals surface area contributed by atoms with Gasteiger partial charge >= 0.3 is 6.18 Å². The van der Waals surface area contributed by atoms with Crippen molar-refractivity contribution in [1.82, 2.24) is 5.32 Å². The second-order valence-electron chi connectivity index (χ2n) is 6.85. The van der Waals surface area contributed by atoms with E-state index in [2.05, 4.69) is 5.32 Å². The normalized spacial score (nSPS) is 17.0. The molecule has 1 atom stereocenters. The Kier molecular flexibility index (Phi) is 5.65. The molecular weight excluding hydrogens is 395 g/mol. The first-order valence-electron chi connectivity index (χ1n) is 9.10. The van der Waals surface area contributed by atoms with Crippen molar-refractivity contribution in [1.29, 1.82) is 5.26 Å². The van der Waals surface area contributed by atoms with E-state index in [9.17, 15) is 22.8 Å². The second kappa shape index (κ2) is 8.03. The molecule has 0 fully saturated rings. The first-order chi connectivity index (χ1) is 14.2. The second-order valence-corrected chi connectivity index (χ2v) is 6.85. The van der Waals surface area contributed by atoms with Gasteiger partial charge in [0.1, 0.15) is 0 Å². The van der Waals surface area contributed by atoms with Crippen LogP contribution in [0.5, 0.6) is 0 Å². The number of hydrogen-bond donors (Lipinski definition) is 1. The van der Waals surface area contributed by atoms with Crippen LogP contribution in [-0.2, 0) is 15.8 Å². The van der Waals surface area contributed by atoms with Gasteiger partial charge in [-0.1, -0.05) is 18.2 Å². The molecule has 1 aliphatic rings. The predicted molar refractivity (Wildman–Crippen MR) is 104 cm³/mol. The van der Waals surface area contributed by atoms with Gasteiger partial charge in [0.15, 0.2) is 0 Å². The van der Waals surface area contributed by atoms with E-state index in [4.69, 9.17) is 5.26 Å². The number of amides is 2. The number of nitrogens with zero attached hydrogens (tertiary/aromatic N) is 2. The molecule has 1 aliphatic heterocycles. The van der Waals surface area contributed by atoms with Crippen LogP contribution < -0.4 is 10.2 Å². The summed E-state index contributed by atoms with van der Waals surface area (Å²) in [5.74, 6) is -1.42. The Labute approximate surface area is 171 Å². The fourth-order valence-corrected chi connectivity index (χ4v) is 3.62. The zero-order chi connectivity index (χ0) is 22.1. The Morgan fingerprint density at radius 2 is 1.87 bits per heavy atom. The summed E-state index contributed by atoms with van der Waals surface area (Å²) in [7, 11) is 1.45. The molecule has 3 rings (SSSR count). The van der Waals surface area contributed by atoms with E-state index in [0.717, 1.165) is 17.0 Å². The molecule has 1 heterocycles. The minimum atomic E-state index is -4.55. The van der Waals surface area contributed by atoms with Crippen LogP contribution in [-0.4, -0.2) is 18.9 Å².